The topological polar surface area (TPSA) is 55.6 Å². The van der Waals surface area contributed by atoms with Crippen LogP contribution in [0.15, 0.2) is 0 Å². The third-order valence-corrected chi connectivity index (χ3v) is 4.12. The van der Waals surface area contributed by atoms with Gasteiger partial charge in [-0.2, -0.15) is 0 Å². The fourth-order valence-corrected chi connectivity index (χ4v) is 3.11. The Hall–Kier alpha value is -0.610. The lowest BCUT2D eigenvalue weighted by molar-refractivity contribution is -0.135. The van der Waals surface area contributed by atoms with E-state index in [4.69, 9.17) is 10.5 Å². The molecule has 1 aliphatic heterocycles. The molecule has 0 aromatic carbocycles. The largest absolute Gasteiger partial charge is 0.378 e. The second kappa shape index (κ2) is 7.10. The van der Waals surface area contributed by atoms with Crippen LogP contribution in [0.3, 0.4) is 0 Å². The molecule has 4 heteroatoms. The summed E-state index contributed by atoms with van der Waals surface area (Å²) in [5, 5.41) is 0. The van der Waals surface area contributed by atoms with Crippen molar-refractivity contribution < 1.29 is 9.53 Å². The van der Waals surface area contributed by atoms with Gasteiger partial charge in [0, 0.05) is 19.2 Å². The van der Waals surface area contributed by atoms with Crippen LogP contribution < -0.4 is 5.73 Å². The molecule has 104 valence electrons. The third-order valence-electron chi connectivity index (χ3n) is 4.12. The Morgan fingerprint density at radius 1 is 1.22 bits per heavy atom. The summed E-state index contributed by atoms with van der Waals surface area (Å²) >= 11 is 0. The molecule has 1 amide bonds. The molecule has 0 bridgehead atoms. The van der Waals surface area contributed by atoms with Gasteiger partial charge >= 0.3 is 0 Å². The van der Waals surface area contributed by atoms with Crippen LogP contribution in [-0.4, -0.2) is 42.6 Å². The Labute approximate surface area is 110 Å². The second-order valence-electron chi connectivity index (χ2n) is 5.51. The van der Waals surface area contributed by atoms with Crippen LogP contribution in [0.5, 0.6) is 0 Å². The molecule has 2 aliphatic rings. The van der Waals surface area contributed by atoms with Crippen molar-refractivity contribution in [1.29, 1.82) is 0 Å². The molecule has 1 aliphatic carbocycles. The maximum atomic E-state index is 12.4. The third kappa shape index (κ3) is 3.69. The standard InChI is InChI=1S/C14H26N2O2/c15-8-4-9-16(12-5-1-2-6-12)14(17)11-13-7-3-10-18-13/h12-13H,1-11,15H2. The summed E-state index contributed by atoms with van der Waals surface area (Å²) in [7, 11) is 0. The van der Waals surface area contributed by atoms with Crippen molar-refractivity contribution in [2.75, 3.05) is 19.7 Å². The average molecular weight is 254 g/mol. The van der Waals surface area contributed by atoms with E-state index in [1.54, 1.807) is 0 Å². The van der Waals surface area contributed by atoms with Crippen molar-refractivity contribution >= 4 is 5.91 Å². The Kier molecular flexibility index (Phi) is 5.45. The monoisotopic (exact) mass is 254 g/mol. The van der Waals surface area contributed by atoms with Crippen LogP contribution in [0.2, 0.25) is 0 Å². The molecular weight excluding hydrogens is 228 g/mol. The van der Waals surface area contributed by atoms with Gasteiger partial charge in [-0.05, 0) is 38.6 Å². The van der Waals surface area contributed by atoms with Crippen molar-refractivity contribution in [2.45, 2.75) is 63.5 Å². The highest BCUT2D eigenvalue weighted by Crippen LogP contribution is 2.25. The number of rotatable bonds is 6. The van der Waals surface area contributed by atoms with E-state index in [1.807, 2.05) is 0 Å². The van der Waals surface area contributed by atoms with Crippen molar-refractivity contribution in [3.05, 3.63) is 0 Å². The highest BCUT2D eigenvalue weighted by atomic mass is 16.5. The predicted octanol–water partition coefficient (Wildman–Crippen LogP) is 1.68. The molecule has 0 radical (unpaired) electrons. The Morgan fingerprint density at radius 3 is 2.61 bits per heavy atom. The molecule has 1 atom stereocenters. The summed E-state index contributed by atoms with van der Waals surface area (Å²) in [4.78, 5) is 14.5. The van der Waals surface area contributed by atoms with E-state index in [0.717, 1.165) is 32.4 Å². The molecule has 2 rings (SSSR count). The molecule has 1 unspecified atom stereocenters. The zero-order valence-electron chi connectivity index (χ0n) is 11.3. The van der Waals surface area contributed by atoms with Gasteiger partial charge in [-0.25, -0.2) is 0 Å². The van der Waals surface area contributed by atoms with Gasteiger partial charge in [-0.3, -0.25) is 4.79 Å². The molecule has 0 spiro atoms. The molecule has 1 saturated heterocycles. The lowest BCUT2D eigenvalue weighted by Gasteiger charge is -2.30. The molecule has 0 aromatic heterocycles. The van der Waals surface area contributed by atoms with E-state index >= 15 is 0 Å². The zero-order valence-corrected chi connectivity index (χ0v) is 11.3. The molecule has 1 heterocycles. The average Bonchev–Trinajstić information content (AvgIpc) is 3.02. The minimum absolute atomic E-state index is 0.166. The minimum Gasteiger partial charge on any atom is -0.378 e. The van der Waals surface area contributed by atoms with Crippen molar-refractivity contribution in [1.82, 2.24) is 4.90 Å². The molecule has 4 nitrogen and oxygen atoms in total. The Balaban J connectivity index is 1.86. The maximum absolute atomic E-state index is 12.4. The first-order valence-electron chi connectivity index (χ1n) is 7.42. The Morgan fingerprint density at radius 2 is 2.00 bits per heavy atom. The Bertz CT molecular complexity index is 259. The van der Waals surface area contributed by atoms with Gasteiger partial charge in [0.2, 0.25) is 5.91 Å². The van der Waals surface area contributed by atoms with Gasteiger partial charge in [-0.15, -0.1) is 0 Å². The first-order valence-corrected chi connectivity index (χ1v) is 7.42. The number of nitrogens with zero attached hydrogens (tertiary/aromatic N) is 1. The van der Waals surface area contributed by atoms with Gasteiger partial charge in [0.1, 0.15) is 0 Å². The minimum atomic E-state index is 0.166. The second-order valence-corrected chi connectivity index (χ2v) is 5.51. The van der Waals surface area contributed by atoms with E-state index < -0.39 is 0 Å². The maximum Gasteiger partial charge on any atom is 0.225 e. The lowest BCUT2D eigenvalue weighted by Crippen LogP contribution is -2.41. The summed E-state index contributed by atoms with van der Waals surface area (Å²) in [6.45, 7) is 2.31. The number of ether oxygens (including phenoxy) is 1. The summed E-state index contributed by atoms with van der Waals surface area (Å²) in [5.74, 6) is 0.280. The van der Waals surface area contributed by atoms with Gasteiger partial charge in [0.05, 0.1) is 12.5 Å². The van der Waals surface area contributed by atoms with Gasteiger partial charge in [-0.1, -0.05) is 12.8 Å². The summed E-state index contributed by atoms with van der Waals surface area (Å²) in [5.41, 5.74) is 5.58. The smallest absolute Gasteiger partial charge is 0.225 e. The lowest BCUT2D eigenvalue weighted by atomic mass is 10.1. The normalized spacial score (nSPS) is 24.6. The van der Waals surface area contributed by atoms with E-state index in [0.29, 0.717) is 19.0 Å². The van der Waals surface area contributed by atoms with E-state index in [1.165, 1.54) is 25.7 Å². The van der Waals surface area contributed by atoms with Crippen molar-refractivity contribution in [3.63, 3.8) is 0 Å². The van der Waals surface area contributed by atoms with Crippen LogP contribution in [-0.2, 0) is 9.53 Å². The van der Waals surface area contributed by atoms with E-state index in [-0.39, 0.29) is 12.0 Å². The first-order chi connectivity index (χ1) is 8.81. The van der Waals surface area contributed by atoms with Crippen LogP contribution in [0.1, 0.15) is 51.4 Å². The molecule has 1 saturated carbocycles. The molecule has 18 heavy (non-hydrogen) atoms. The van der Waals surface area contributed by atoms with Crippen molar-refractivity contribution in [3.8, 4) is 0 Å². The number of nitrogens with two attached hydrogens (primary N) is 1. The molecule has 2 N–H and O–H groups in total. The number of hydrogen-bond acceptors (Lipinski definition) is 3. The van der Waals surface area contributed by atoms with Crippen LogP contribution >= 0.6 is 0 Å². The summed E-state index contributed by atoms with van der Waals surface area (Å²) in [6, 6.07) is 0.463. The first kappa shape index (κ1) is 13.8. The predicted molar refractivity (Wildman–Crippen MR) is 71.2 cm³/mol. The SMILES string of the molecule is NCCCN(C(=O)CC1CCCO1)C1CCCC1. The highest BCUT2D eigenvalue weighted by molar-refractivity contribution is 5.77. The quantitative estimate of drug-likeness (QED) is 0.784. The highest BCUT2D eigenvalue weighted by Gasteiger charge is 2.28. The summed E-state index contributed by atoms with van der Waals surface area (Å²) < 4.78 is 5.57. The summed E-state index contributed by atoms with van der Waals surface area (Å²) in [6.07, 6.45) is 8.65. The van der Waals surface area contributed by atoms with Gasteiger partial charge in [0.15, 0.2) is 0 Å². The van der Waals surface area contributed by atoms with Crippen LogP contribution in [0.25, 0.3) is 0 Å². The van der Waals surface area contributed by atoms with E-state index in [9.17, 15) is 4.79 Å². The number of hydrogen-bond donors (Lipinski definition) is 1. The molecular formula is C14H26N2O2. The fraction of sp³-hybridized carbons (Fsp3) is 0.929. The number of carbonyl (C=O) groups excluding carboxylic acids is 1. The molecule has 2 fully saturated rings. The molecule has 0 aromatic rings. The fourth-order valence-electron chi connectivity index (χ4n) is 3.11. The van der Waals surface area contributed by atoms with Crippen molar-refractivity contribution in [2.24, 2.45) is 5.73 Å². The van der Waals surface area contributed by atoms with Crippen LogP contribution in [0, 0.1) is 0 Å². The number of amides is 1. The van der Waals surface area contributed by atoms with E-state index in [2.05, 4.69) is 4.90 Å². The number of carbonyl (C=O) groups is 1. The van der Waals surface area contributed by atoms with Crippen LogP contribution in [0.4, 0.5) is 0 Å². The van der Waals surface area contributed by atoms with Gasteiger partial charge < -0.3 is 15.4 Å². The zero-order chi connectivity index (χ0) is 12.8. The van der Waals surface area contributed by atoms with Gasteiger partial charge in [0.25, 0.3) is 0 Å².